The van der Waals surface area contributed by atoms with Crippen LogP contribution in [0.2, 0.25) is 0 Å². The second-order valence-corrected chi connectivity index (χ2v) is 3.49. The summed E-state index contributed by atoms with van der Waals surface area (Å²) in [4.78, 5) is 0. The molecule has 1 N–H and O–H groups in total. The largest absolute Gasteiger partial charge is 0.382 e. The van der Waals surface area contributed by atoms with E-state index >= 15 is 0 Å². The van der Waals surface area contributed by atoms with E-state index in [2.05, 4.69) is 36.5 Å². The fraction of sp³-hybridized carbons (Fsp3) is 0.455. The number of anilines is 1. The van der Waals surface area contributed by atoms with Crippen LogP contribution in [0.4, 0.5) is 5.69 Å². The summed E-state index contributed by atoms with van der Waals surface area (Å²) in [6.45, 7) is 2.24. The third kappa shape index (κ3) is 1.31. The number of hydrogen-bond acceptors (Lipinski definition) is 1. The number of para-hydroxylation sites is 1. The zero-order chi connectivity index (χ0) is 8.39. The molecule has 1 aromatic carbocycles. The minimum absolute atomic E-state index is 0.687. The van der Waals surface area contributed by atoms with Crippen molar-refractivity contribution in [1.29, 1.82) is 0 Å². The van der Waals surface area contributed by atoms with Gasteiger partial charge in [-0.3, -0.25) is 0 Å². The maximum atomic E-state index is 3.54. The van der Waals surface area contributed by atoms with Gasteiger partial charge in [-0.1, -0.05) is 31.5 Å². The summed E-state index contributed by atoms with van der Waals surface area (Å²) in [5, 5.41) is 3.54. The molecule has 0 aromatic heterocycles. The Balaban J connectivity index is 2.11. The average molecular weight is 161 g/mol. The number of hydrogen-bond donors (Lipinski definition) is 1. The lowest BCUT2D eigenvalue weighted by Gasteiger charge is -2.08. The molecule has 0 spiro atoms. The third-order valence-electron chi connectivity index (χ3n) is 2.48. The summed E-state index contributed by atoms with van der Waals surface area (Å²) in [7, 11) is 0. The van der Waals surface area contributed by atoms with Gasteiger partial charge in [-0.2, -0.15) is 0 Å². The van der Waals surface area contributed by atoms with E-state index in [0.717, 1.165) is 0 Å². The highest BCUT2D eigenvalue weighted by molar-refractivity contribution is 5.56. The minimum atomic E-state index is 0.687. The molecule has 12 heavy (non-hydrogen) atoms. The lowest BCUT2D eigenvalue weighted by molar-refractivity contribution is 0.661. The van der Waals surface area contributed by atoms with Gasteiger partial charge >= 0.3 is 0 Å². The van der Waals surface area contributed by atoms with E-state index in [4.69, 9.17) is 0 Å². The molecule has 0 saturated heterocycles. The van der Waals surface area contributed by atoms with Gasteiger partial charge in [-0.25, -0.2) is 0 Å². The maximum absolute atomic E-state index is 3.54. The van der Waals surface area contributed by atoms with Crippen LogP contribution in [0, 0.1) is 0 Å². The summed E-state index contributed by atoms with van der Waals surface area (Å²) >= 11 is 0. The van der Waals surface area contributed by atoms with E-state index in [9.17, 15) is 0 Å². The van der Waals surface area contributed by atoms with Crippen LogP contribution < -0.4 is 5.32 Å². The van der Waals surface area contributed by atoms with Gasteiger partial charge in [0.25, 0.3) is 0 Å². The van der Waals surface area contributed by atoms with Crippen molar-refractivity contribution in [3.8, 4) is 0 Å². The second kappa shape index (κ2) is 3.18. The summed E-state index contributed by atoms with van der Waals surface area (Å²) in [5.74, 6) is 0. The maximum Gasteiger partial charge on any atom is 0.0375 e. The number of rotatable bonds is 2. The van der Waals surface area contributed by atoms with Crippen LogP contribution in [0.3, 0.4) is 0 Å². The standard InChI is InChI=1S/C11H15N/c1-2-5-10-8-9-6-3-4-7-11(9)12-10/h3-4,6-7,10,12H,2,5,8H2,1H3/t10-/m0/s1. The molecule has 0 radical (unpaired) electrons. The Kier molecular flexibility index (Phi) is 2.03. The van der Waals surface area contributed by atoms with Crippen molar-refractivity contribution in [3.63, 3.8) is 0 Å². The molecule has 2 rings (SSSR count). The van der Waals surface area contributed by atoms with E-state index in [-0.39, 0.29) is 0 Å². The van der Waals surface area contributed by atoms with Crippen molar-refractivity contribution >= 4 is 5.69 Å². The number of fused-ring (bicyclic) bond motifs is 1. The summed E-state index contributed by atoms with van der Waals surface area (Å²) in [5.41, 5.74) is 2.83. The van der Waals surface area contributed by atoms with E-state index in [1.165, 1.54) is 30.5 Å². The quantitative estimate of drug-likeness (QED) is 0.703. The van der Waals surface area contributed by atoms with Crippen LogP contribution >= 0.6 is 0 Å². The zero-order valence-electron chi connectivity index (χ0n) is 7.51. The van der Waals surface area contributed by atoms with Crippen LogP contribution in [0.5, 0.6) is 0 Å². The van der Waals surface area contributed by atoms with Crippen molar-refractivity contribution in [2.45, 2.75) is 32.2 Å². The van der Waals surface area contributed by atoms with E-state index in [1.54, 1.807) is 0 Å². The Morgan fingerprint density at radius 3 is 3.00 bits per heavy atom. The molecule has 0 bridgehead atoms. The topological polar surface area (TPSA) is 12.0 Å². The average Bonchev–Trinajstić information content (AvgIpc) is 2.47. The molecule has 64 valence electrons. The molecule has 0 fully saturated rings. The van der Waals surface area contributed by atoms with Crippen LogP contribution in [-0.4, -0.2) is 6.04 Å². The van der Waals surface area contributed by atoms with Gasteiger partial charge in [0.2, 0.25) is 0 Å². The predicted molar refractivity (Wildman–Crippen MR) is 52.5 cm³/mol. The highest BCUT2D eigenvalue weighted by Crippen LogP contribution is 2.26. The van der Waals surface area contributed by atoms with E-state index < -0.39 is 0 Å². The van der Waals surface area contributed by atoms with Crippen LogP contribution in [0.1, 0.15) is 25.3 Å². The summed E-state index contributed by atoms with van der Waals surface area (Å²) in [6.07, 6.45) is 3.77. The Morgan fingerprint density at radius 1 is 1.42 bits per heavy atom. The van der Waals surface area contributed by atoms with Gasteiger partial charge in [0.05, 0.1) is 0 Å². The Hall–Kier alpha value is -0.980. The third-order valence-corrected chi connectivity index (χ3v) is 2.48. The number of benzene rings is 1. The summed E-state index contributed by atoms with van der Waals surface area (Å²) in [6, 6.07) is 9.30. The molecule has 0 aliphatic carbocycles. The Bertz CT molecular complexity index is 242. The van der Waals surface area contributed by atoms with Crippen molar-refractivity contribution in [3.05, 3.63) is 29.8 Å². The van der Waals surface area contributed by atoms with Crippen molar-refractivity contribution in [2.24, 2.45) is 0 Å². The first kappa shape index (κ1) is 7.66. The van der Waals surface area contributed by atoms with Crippen LogP contribution in [0.25, 0.3) is 0 Å². The highest BCUT2D eigenvalue weighted by atomic mass is 14.9. The molecular formula is C11H15N. The predicted octanol–water partition coefficient (Wildman–Crippen LogP) is 2.82. The van der Waals surface area contributed by atoms with E-state index in [1.807, 2.05) is 0 Å². The molecular weight excluding hydrogens is 146 g/mol. The van der Waals surface area contributed by atoms with Gasteiger partial charge in [0.1, 0.15) is 0 Å². The van der Waals surface area contributed by atoms with Gasteiger partial charge in [-0.05, 0) is 24.5 Å². The summed E-state index contributed by atoms with van der Waals surface area (Å²) < 4.78 is 0. The number of nitrogens with one attached hydrogen (secondary N) is 1. The normalized spacial score (nSPS) is 20.2. The first-order chi connectivity index (χ1) is 5.90. The van der Waals surface area contributed by atoms with Crippen LogP contribution in [-0.2, 0) is 6.42 Å². The molecule has 1 atom stereocenters. The molecule has 0 saturated carbocycles. The smallest absolute Gasteiger partial charge is 0.0375 e. The minimum Gasteiger partial charge on any atom is -0.382 e. The highest BCUT2D eigenvalue weighted by Gasteiger charge is 2.18. The van der Waals surface area contributed by atoms with Crippen molar-refractivity contribution in [1.82, 2.24) is 0 Å². The molecule has 0 amide bonds. The SMILES string of the molecule is CCC[C@H]1Cc2ccccc2N1. The molecule has 1 aliphatic heterocycles. The van der Waals surface area contributed by atoms with Gasteiger partial charge in [0.15, 0.2) is 0 Å². The fourth-order valence-corrected chi connectivity index (χ4v) is 1.90. The van der Waals surface area contributed by atoms with Gasteiger partial charge < -0.3 is 5.32 Å². The molecule has 1 aromatic rings. The monoisotopic (exact) mass is 161 g/mol. The van der Waals surface area contributed by atoms with Crippen molar-refractivity contribution in [2.75, 3.05) is 5.32 Å². The molecule has 0 unspecified atom stereocenters. The molecule has 1 aliphatic rings. The van der Waals surface area contributed by atoms with Gasteiger partial charge in [0, 0.05) is 11.7 Å². The Morgan fingerprint density at radius 2 is 2.25 bits per heavy atom. The molecule has 1 heterocycles. The second-order valence-electron chi connectivity index (χ2n) is 3.49. The lowest BCUT2D eigenvalue weighted by atomic mass is 10.1. The molecule has 1 nitrogen and oxygen atoms in total. The lowest BCUT2D eigenvalue weighted by Crippen LogP contribution is -2.14. The first-order valence-electron chi connectivity index (χ1n) is 4.74. The first-order valence-corrected chi connectivity index (χ1v) is 4.74. The Labute approximate surface area is 73.8 Å². The van der Waals surface area contributed by atoms with Gasteiger partial charge in [-0.15, -0.1) is 0 Å². The van der Waals surface area contributed by atoms with Crippen LogP contribution in [0.15, 0.2) is 24.3 Å². The van der Waals surface area contributed by atoms with E-state index in [0.29, 0.717) is 6.04 Å². The zero-order valence-corrected chi connectivity index (χ0v) is 7.51. The van der Waals surface area contributed by atoms with Crippen molar-refractivity contribution < 1.29 is 0 Å². The molecule has 1 heteroatoms. The fourth-order valence-electron chi connectivity index (χ4n) is 1.90.